The molecule has 1 saturated heterocycles. The van der Waals surface area contributed by atoms with E-state index in [0.717, 1.165) is 29.6 Å². The third-order valence-electron chi connectivity index (χ3n) is 5.54. The number of benzene rings is 2. The molecule has 0 radical (unpaired) electrons. The second-order valence-corrected chi connectivity index (χ2v) is 9.66. The first-order chi connectivity index (χ1) is 14.9. The Balaban J connectivity index is 1.53. The molecule has 1 atom stereocenters. The number of piperidine rings is 1. The van der Waals surface area contributed by atoms with Crippen molar-refractivity contribution in [2.45, 2.75) is 37.6 Å². The number of amides is 1. The van der Waals surface area contributed by atoms with Crippen LogP contribution in [0, 0.1) is 11.7 Å². The molecule has 3 aromatic rings. The highest BCUT2D eigenvalue weighted by atomic mass is 32.2. The predicted molar refractivity (Wildman–Crippen MR) is 117 cm³/mol. The predicted octanol–water partition coefficient (Wildman–Crippen LogP) is 3.62. The van der Waals surface area contributed by atoms with E-state index in [0.29, 0.717) is 31.9 Å². The van der Waals surface area contributed by atoms with E-state index < -0.39 is 21.8 Å². The van der Waals surface area contributed by atoms with E-state index in [1.54, 1.807) is 0 Å². The van der Waals surface area contributed by atoms with Crippen LogP contribution in [-0.4, -0.2) is 41.3 Å². The smallest absolute Gasteiger partial charge is 0.243 e. The lowest BCUT2D eigenvalue weighted by Crippen LogP contribution is -2.43. The van der Waals surface area contributed by atoms with E-state index in [2.05, 4.69) is 17.2 Å². The molecule has 164 valence electrons. The fourth-order valence-corrected chi connectivity index (χ4v) is 5.49. The average Bonchev–Trinajstić information content (AvgIpc) is 3.11. The van der Waals surface area contributed by atoms with Gasteiger partial charge in [0.05, 0.1) is 21.8 Å². The number of nitrogens with one attached hydrogen (secondary N) is 1. The van der Waals surface area contributed by atoms with Crippen molar-refractivity contribution in [1.82, 2.24) is 13.9 Å². The lowest BCUT2D eigenvalue weighted by molar-refractivity contribution is -0.120. The summed E-state index contributed by atoms with van der Waals surface area (Å²) in [6.45, 7) is 3.18. The molecule has 7 nitrogen and oxygen atoms in total. The Labute approximate surface area is 180 Å². The number of hydrogen-bond acceptors (Lipinski definition) is 4. The third-order valence-corrected chi connectivity index (χ3v) is 7.42. The zero-order valence-corrected chi connectivity index (χ0v) is 18.1. The molecule has 1 aliphatic heterocycles. The summed E-state index contributed by atoms with van der Waals surface area (Å²) in [4.78, 5) is 17.6. The SMILES string of the molecule is CCCn1c(NC(=O)C2CCCN(S(=O)(=O)c3ccc(F)cc3)C2)nc2ccccc21. The van der Waals surface area contributed by atoms with Crippen LogP contribution in [0.5, 0.6) is 0 Å². The van der Waals surface area contributed by atoms with Crippen LogP contribution < -0.4 is 5.32 Å². The summed E-state index contributed by atoms with van der Waals surface area (Å²) >= 11 is 0. The third kappa shape index (κ3) is 4.33. The zero-order chi connectivity index (χ0) is 22.0. The monoisotopic (exact) mass is 444 g/mol. The van der Waals surface area contributed by atoms with Gasteiger partial charge in [-0.15, -0.1) is 0 Å². The minimum Gasteiger partial charge on any atom is -0.310 e. The van der Waals surface area contributed by atoms with Gasteiger partial charge in [-0.1, -0.05) is 19.1 Å². The van der Waals surface area contributed by atoms with Crippen molar-refractivity contribution in [2.75, 3.05) is 18.4 Å². The number of fused-ring (bicyclic) bond motifs is 1. The number of rotatable bonds is 6. The summed E-state index contributed by atoms with van der Waals surface area (Å²) in [5, 5.41) is 2.92. The van der Waals surface area contributed by atoms with Crippen LogP contribution in [0.25, 0.3) is 11.0 Å². The van der Waals surface area contributed by atoms with Crippen molar-refractivity contribution in [3.8, 4) is 0 Å². The van der Waals surface area contributed by atoms with Gasteiger partial charge in [-0.05, 0) is 55.7 Å². The molecule has 1 N–H and O–H groups in total. The first-order valence-corrected chi connectivity index (χ1v) is 11.9. The standard InChI is InChI=1S/C22H25FN4O3S/c1-2-13-27-20-8-4-3-7-19(20)24-22(27)25-21(28)16-6-5-14-26(15-16)31(29,30)18-11-9-17(23)10-12-18/h3-4,7-12,16H,2,5-6,13-15H2,1H3,(H,24,25,28). The van der Waals surface area contributed by atoms with Gasteiger partial charge in [-0.25, -0.2) is 17.8 Å². The summed E-state index contributed by atoms with van der Waals surface area (Å²) in [6, 6.07) is 12.4. The zero-order valence-electron chi connectivity index (χ0n) is 17.3. The Morgan fingerprint density at radius 3 is 2.68 bits per heavy atom. The van der Waals surface area contributed by atoms with Gasteiger partial charge in [-0.2, -0.15) is 4.31 Å². The maximum absolute atomic E-state index is 13.2. The lowest BCUT2D eigenvalue weighted by atomic mass is 9.99. The summed E-state index contributed by atoms with van der Waals surface area (Å²) in [6.07, 6.45) is 2.05. The van der Waals surface area contributed by atoms with Gasteiger partial charge in [0.1, 0.15) is 5.82 Å². The fraction of sp³-hybridized carbons (Fsp3) is 0.364. The number of hydrogen-bond donors (Lipinski definition) is 1. The van der Waals surface area contributed by atoms with Crippen molar-refractivity contribution in [3.63, 3.8) is 0 Å². The molecule has 4 rings (SSSR count). The maximum Gasteiger partial charge on any atom is 0.243 e. The van der Waals surface area contributed by atoms with Crippen LogP contribution in [0.3, 0.4) is 0 Å². The normalized spacial score (nSPS) is 17.7. The molecular weight excluding hydrogens is 419 g/mol. The molecule has 1 amide bonds. The number of carbonyl (C=O) groups excluding carboxylic acids is 1. The highest BCUT2D eigenvalue weighted by Gasteiger charge is 2.33. The first kappa shape index (κ1) is 21.5. The van der Waals surface area contributed by atoms with Crippen LogP contribution in [0.2, 0.25) is 0 Å². The van der Waals surface area contributed by atoms with Crippen LogP contribution in [0.15, 0.2) is 53.4 Å². The average molecular weight is 445 g/mol. The Hall–Kier alpha value is -2.78. The molecule has 2 heterocycles. The van der Waals surface area contributed by atoms with Gasteiger partial charge < -0.3 is 4.57 Å². The van der Waals surface area contributed by atoms with E-state index in [1.807, 2.05) is 28.8 Å². The molecule has 9 heteroatoms. The number of aromatic nitrogens is 2. The number of nitrogens with zero attached hydrogens (tertiary/aromatic N) is 3. The molecule has 1 fully saturated rings. The van der Waals surface area contributed by atoms with Crippen LogP contribution >= 0.6 is 0 Å². The first-order valence-electron chi connectivity index (χ1n) is 10.4. The van der Waals surface area contributed by atoms with E-state index in [9.17, 15) is 17.6 Å². The molecule has 0 bridgehead atoms. The van der Waals surface area contributed by atoms with E-state index in [4.69, 9.17) is 0 Å². The highest BCUT2D eigenvalue weighted by molar-refractivity contribution is 7.89. The topological polar surface area (TPSA) is 84.3 Å². The Kier molecular flexibility index (Phi) is 6.06. The number of imidazole rings is 1. The Morgan fingerprint density at radius 1 is 1.19 bits per heavy atom. The Morgan fingerprint density at radius 2 is 1.94 bits per heavy atom. The fourth-order valence-electron chi connectivity index (χ4n) is 3.96. The highest BCUT2D eigenvalue weighted by Crippen LogP contribution is 2.26. The lowest BCUT2D eigenvalue weighted by Gasteiger charge is -2.31. The van der Waals surface area contributed by atoms with Gasteiger partial charge in [0.15, 0.2) is 0 Å². The number of aryl methyl sites for hydroxylation is 1. The van der Waals surface area contributed by atoms with Crippen molar-refractivity contribution in [2.24, 2.45) is 5.92 Å². The van der Waals surface area contributed by atoms with Crippen molar-refractivity contribution < 1.29 is 17.6 Å². The van der Waals surface area contributed by atoms with Crippen molar-refractivity contribution >= 4 is 32.9 Å². The van der Waals surface area contributed by atoms with Crippen molar-refractivity contribution in [3.05, 3.63) is 54.3 Å². The van der Waals surface area contributed by atoms with Crippen molar-refractivity contribution in [1.29, 1.82) is 0 Å². The minimum absolute atomic E-state index is 0.0275. The summed E-state index contributed by atoms with van der Waals surface area (Å²) in [7, 11) is -3.79. The second-order valence-electron chi connectivity index (χ2n) is 7.72. The van der Waals surface area contributed by atoms with E-state index in [-0.39, 0.29) is 17.3 Å². The quantitative estimate of drug-likeness (QED) is 0.629. The van der Waals surface area contributed by atoms with E-state index >= 15 is 0 Å². The largest absolute Gasteiger partial charge is 0.310 e. The van der Waals surface area contributed by atoms with E-state index in [1.165, 1.54) is 16.4 Å². The van der Waals surface area contributed by atoms with Gasteiger partial charge in [0, 0.05) is 19.6 Å². The Bertz CT molecular complexity index is 1190. The number of halogens is 1. The van der Waals surface area contributed by atoms with Gasteiger partial charge in [0.25, 0.3) is 0 Å². The van der Waals surface area contributed by atoms with Gasteiger partial charge in [-0.3, -0.25) is 10.1 Å². The maximum atomic E-state index is 13.2. The summed E-state index contributed by atoms with van der Waals surface area (Å²) in [5.41, 5.74) is 1.75. The summed E-state index contributed by atoms with van der Waals surface area (Å²) < 4.78 is 42.3. The van der Waals surface area contributed by atoms with Gasteiger partial charge >= 0.3 is 0 Å². The van der Waals surface area contributed by atoms with Crippen LogP contribution in [0.4, 0.5) is 10.3 Å². The molecule has 0 aliphatic carbocycles. The number of para-hydroxylation sites is 2. The van der Waals surface area contributed by atoms with Gasteiger partial charge in [0.2, 0.25) is 21.9 Å². The molecule has 31 heavy (non-hydrogen) atoms. The second kappa shape index (κ2) is 8.76. The molecule has 1 aliphatic rings. The minimum atomic E-state index is -3.79. The molecule has 0 spiro atoms. The molecule has 0 saturated carbocycles. The molecule has 1 aromatic heterocycles. The number of anilines is 1. The molecule has 2 aromatic carbocycles. The van der Waals surface area contributed by atoms with Crippen LogP contribution in [-0.2, 0) is 21.4 Å². The number of carbonyl (C=O) groups is 1. The summed E-state index contributed by atoms with van der Waals surface area (Å²) in [5.74, 6) is -0.748. The molecule has 1 unspecified atom stereocenters. The number of sulfonamides is 1. The van der Waals surface area contributed by atoms with Crippen LogP contribution in [0.1, 0.15) is 26.2 Å². The molecular formula is C22H25FN4O3S.